The molecule has 0 saturated heterocycles. The van der Waals surface area contributed by atoms with Crippen LogP contribution in [0.25, 0.3) is 0 Å². The molecule has 2 heterocycles. The van der Waals surface area contributed by atoms with Gasteiger partial charge in [0.15, 0.2) is 0 Å². The first-order chi connectivity index (χ1) is 9.85. The van der Waals surface area contributed by atoms with Gasteiger partial charge in [0.05, 0.1) is 11.8 Å². The smallest absolute Gasteiger partial charge is 0.129 e. The standard InChI is InChI=1S/C17H22N2O2/c1-11-8-13(19(4)18-11)9-15(20)14-7-5-6-12-10-17(2,3)21-16(12)14/h5-8,15,20H,9-10H2,1-4H3. The summed E-state index contributed by atoms with van der Waals surface area (Å²) in [5.74, 6) is 0.855. The topological polar surface area (TPSA) is 47.3 Å². The molecule has 4 heteroatoms. The maximum Gasteiger partial charge on any atom is 0.129 e. The van der Waals surface area contributed by atoms with Crippen LogP contribution < -0.4 is 4.74 Å². The van der Waals surface area contributed by atoms with Crippen LogP contribution in [0.4, 0.5) is 0 Å². The van der Waals surface area contributed by atoms with Crippen molar-refractivity contribution >= 4 is 0 Å². The molecule has 1 unspecified atom stereocenters. The second-order valence-corrected chi connectivity index (χ2v) is 6.49. The van der Waals surface area contributed by atoms with Crippen LogP contribution in [0.1, 0.15) is 42.5 Å². The van der Waals surface area contributed by atoms with Gasteiger partial charge in [-0.05, 0) is 32.4 Å². The van der Waals surface area contributed by atoms with Crippen LogP contribution in [0, 0.1) is 6.92 Å². The first kappa shape index (κ1) is 14.1. The highest BCUT2D eigenvalue weighted by Crippen LogP contribution is 2.40. The fourth-order valence-electron chi connectivity index (χ4n) is 3.07. The second-order valence-electron chi connectivity index (χ2n) is 6.49. The summed E-state index contributed by atoms with van der Waals surface area (Å²) in [6.07, 6.45) is 0.842. The molecular weight excluding hydrogens is 264 g/mol. The zero-order valence-corrected chi connectivity index (χ0v) is 13.1. The van der Waals surface area contributed by atoms with Gasteiger partial charge in [-0.1, -0.05) is 18.2 Å². The number of benzene rings is 1. The van der Waals surface area contributed by atoms with E-state index in [0.29, 0.717) is 6.42 Å². The molecule has 1 N–H and O–H groups in total. The fourth-order valence-corrected chi connectivity index (χ4v) is 3.07. The number of aromatic nitrogens is 2. The van der Waals surface area contributed by atoms with Crippen LogP contribution in [0.5, 0.6) is 5.75 Å². The van der Waals surface area contributed by atoms with E-state index >= 15 is 0 Å². The number of aliphatic hydroxyl groups excluding tert-OH is 1. The normalized spacial score (nSPS) is 17.4. The third-order valence-corrected chi connectivity index (χ3v) is 3.98. The Hall–Kier alpha value is -1.81. The van der Waals surface area contributed by atoms with Crippen LogP contribution in [0.15, 0.2) is 24.3 Å². The largest absolute Gasteiger partial charge is 0.487 e. The quantitative estimate of drug-likeness (QED) is 0.943. The Balaban J connectivity index is 1.88. The Morgan fingerprint density at radius 1 is 1.43 bits per heavy atom. The predicted octanol–water partition coefficient (Wildman–Crippen LogP) is 2.72. The molecule has 0 spiro atoms. The number of aryl methyl sites for hydroxylation is 2. The molecule has 0 aliphatic carbocycles. The lowest BCUT2D eigenvalue weighted by Crippen LogP contribution is -2.25. The van der Waals surface area contributed by atoms with E-state index in [2.05, 4.69) is 25.0 Å². The van der Waals surface area contributed by atoms with E-state index < -0.39 is 6.10 Å². The van der Waals surface area contributed by atoms with E-state index in [0.717, 1.165) is 29.1 Å². The molecule has 0 fully saturated rings. The number of nitrogens with zero attached hydrogens (tertiary/aromatic N) is 2. The molecule has 0 saturated carbocycles. The van der Waals surface area contributed by atoms with Crippen molar-refractivity contribution in [2.75, 3.05) is 0 Å². The first-order valence-corrected chi connectivity index (χ1v) is 7.34. The van der Waals surface area contributed by atoms with E-state index in [1.54, 1.807) is 0 Å². The predicted molar refractivity (Wildman–Crippen MR) is 81.5 cm³/mol. The minimum atomic E-state index is -0.580. The van der Waals surface area contributed by atoms with Gasteiger partial charge < -0.3 is 9.84 Å². The van der Waals surface area contributed by atoms with Gasteiger partial charge in [-0.3, -0.25) is 4.68 Å². The van der Waals surface area contributed by atoms with Crippen molar-refractivity contribution in [3.63, 3.8) is 0 Å². The van der Waals surface area contributed by atoms with Gasteiger partial charge in [0.25, 0.3) is 0 Å². The molecule has 21 heavy (non-hydrogen) atoms. The van der Waals surface area contributed by atoms with Crippen molar-refractivity contribution in [3.05, 3.63) is 46.8 Å². The number of hydrogen-bond acceptors (Lipinski definition) is 3. The van der Waals surface area contributed by atoms with Crippen LogP contribution in [-0.2, 0) is 19.9 Å². The molecule has 0 amide bonds. The molecule has 0 radical (unpaired) electrons. The molecule has 3 rings (SSSR count). The Bertz CT molecular complexity index is 673. The summed E-state index contributed by atoms with van der Waals surface area (Å²) in [6, 6.07) is 8.04. The number of hydrogen-bond donors (Lipinski definition) is 1. The van der Waals surface area contributed by atoms with E-state index in [1.165, 1.54) is 5.56 Å². The fraction of sp³-hybridized carbons (Fsp3) is 0.471. The van der Waals surface area contributed by atoms with Crippen LogP contribution in [-0.4, -0.2) is 20.5 Å². The van der Waals surface area contributed by atoms with Crippen molar-refractivity contribution in [1.29, 1.82) is 0 Å². The van der Waals surface area contributed by atoms with Crippen molar-refractivity contribution in [1.82, 2.24) is 9.78 Å². The van der Waals surface area contributed by atoms with Crippen LogP contribution in [0.2, 0.25) is 0 Å². The molecule has 0 bridgehead atoms. The summed E-state index contributed by atoms with van der Waals surface area (Å²) >= 11 is 0. The highest BCUT2D eigenvalue weighted by atomic mass is 16.5. The average Bonchev–Trinajstić information content (AvgIpc) is 2.86. The van der Waals surface area contributed by atoms with E-state index in [4.69, 9.17) is 4.74 Å². The van der Waals surface area contributed by atoms with Gasteiger partial charge in [-0.25, -0.2) is 0 Å². The van der Waals surface area contributed by atoms with Crippen molar-refractivity contribution in [2.45, 2.75) is 45.3 Å². The minimum Gasteiger partial charge on any atom is -0.487 e. The Labute approximate surface area is 125 Å². The summed E-state index contributed by atoms with van der Waals surface area (Å²) in [6.45, 7) is 6.11. The summed E-state index contributed by atoms with van der Waals surface area (Å²) < 4.78 is 7.86. The third kappa shape index (κ3) is 2.68. The van der Waals surface area contributed by atoms with E-state index in [1.807, 2.05) is 36.9 Å². The highest BCUT2D eigenvalue weighted by Gasteiger charge is 2.33. The summed E-state index contributed by atoms with van der Waals surface area (Å²) in [5, 5.41) is 14.9. The molecule has 1 aliphatic rings. The van der Waals surface area contributed by atoms with Crippen molar-refractivity contribution in [2.24, 2.45) is 7.05 Å². The molecule has 1 aromatic heterocycles. The summed E-state index contributed by atoms with van der Waals surface area (Å²) in [7, 11) is 1.91. The van der Waals surface area contributed by atoms with Gasteiger partial charge >= 0.3 is 0 Å². The molecule has 1 aliphatic heterocycles. The number of fused-ring (bicyclic) bond motifs is 1. The maximum absolute atomic E-state index is 10.6. The van der Waals surface area contributed by atoms with Crippen molar-refractivity contribution < 1.29 is 9.84 Å². The lowest BCUT2D eigenvalue weighted by atomic mass is 9.97. The SMILES string of the molecule is Cc1cc(CC(O)c2cccc3c2OC(C)(C)C3)n(C)n1. The Morgan fingerprint density at radius 2 is 2.19 bits per heavy atom. The molecule has 1 aromatic carbocycles. The summed E-state index contributed by atoms with van der Waals surface area (Å²) in [5.41, 5.74) is 3.85. The second kappa shape index (κ2) is 4.88. The average molecular weight is 286 g/mol. The minimum absolute atomic E-state index is 0.193. The Kier molecular flexibility index (Phi) is 3.29. The molecule has 2 aromatic rings. The first-order valence-electron chi connectivity index (χ1n) is 7.34. The number of aliphatic hydroxyl groups is 1. The lowest BCUT2D eigenvalue weighted by molar-refractivity contribution is 0.125. The lowest BCUT2D eigenvalue weighted by Gasteiger charge is -2.20. The van der Waals surface area contributed by atoms with Crippen molar-refractivity contribution in [3.8, 4) is 5.75 Å². The zero-order chi connectivity index (χ0) is 15.2. The molecule has 1 atom stereocenters. The number of rotatable bonds is 3. The van der Waals surface area contributed by atoms with Gasteiger partial charge in [-0.2, -0.15) is 5.10 Å². The number of para-hydroxylation sites is 1. The molecule has 4 nitrogen and oxygen atoms in total. The van der Waals surface area contributed by atoms with Crippen LogP contribution in [0.3, 0.4) is 0 Å². The van der Waals surface area contributed by atoms with Crippen LogP contribution >= 0.6 is 0 Å². The zero-order valence-electron chi connectivity index (χ0n) is 13.1. The molecule has 112 valence electrons. The highest BCUT2D eigenvalue weighted by molar-refractivity contribution is 5.47. The van der Waals surface area contributed by atoms with E-state index in [-0.39, 0.29) is 5.60 Å². The Morgan fingerprint density at radius 3 is 2.86 bits per heavy atom. The maximum atomic E-state index is 10.6. The van der Waals surface area contributed by atoms with Gasteiger partial charge in [0.2, 0.25) is 0 Å². The summed E-state index contributed by atoms with van der Waals surface area (Å²) in [4.78, 5) is 0. The van der Waals surface area contributed by atoms with Gasteiger partial charge in [0.1, 0.15) is 11.4 Å². The van der Waals surface area contributed by atoms with Gasteiger partial charge in [-0.15, -0.1) is 0 Å². The number of ether oxygens (including phenoxy) is 1. The van der Waals surface area contributed by atoms with E-state index in [9.17, 15) is 5.11 Å². The monoisotopic (exact) mass is 286 g/mol. The molecular formula is C17H22N2O2. The third-order valence-electron chi connectivity index (χ3n) is 3.98. The van der Waals surface area contributed by atoms with Gasteiger partial charge in [0, 0.05) is 31.1 Å².